The van der Waals surface area contributed by atoms with E-state index in [1.807, 2.05) is 29.6 Å². The van der Waals surface area contributed by atoms with Crippen molar-refractivity contribution in [1.82, 2.24) is 4.98 Å². The number of amides is 2. The van der Waals surface area contributed by atoms with Crippen molar-refractivity contribution >= 4 is 34.0 Å². The van der Waals surface area contributed by atoms with Gasteiger partial charge in [-0.25, -0.2) is 9.37 Å². The second-order valence-electron chi connectivity index (χ2n) is 7.09. The zero-order chi connectivity index (χ0) is 21.3. The van der Waals surface area contributed by atoms with Crippen molar-refractivity contribution in [3.63, 3.8) is 0 Å². The molecule has 1 N–H and O–H groups in total. The molecule has 1 aliphatic heterocycles. The molecule has 1 aromatic heterocycles. The third kappa shape index (κ3) is 4.04. The smallest absolute Gasteiger partial charge is 0.231 e. The molecule has 30 heavy (non-hydrogen) atoms. The Bertz CT molecular complexity index is 1100. The molecule has 1 unspecified atom stereocenters. The molecule has 0 saturated carbocycles. The van der Waals surface area contributed by atoms with Gasteiger partial charge in [0, 0.05) is 29.6 Å². The molecule has 1 saturated heterocycles. The monoisotopic (exact) mass is 425 g/mol. The molecule has 2 aromatic carbocycles. The number of hydrogen-bond donors (Lipinski definition) is 1. The van der Waals surface area contributed by atoms with E-state index in [1.54, 1.807) is 26.2 Å². The van der Waals surface area contributed by atoms with Crippen LogP contribution in [0.5, 0.6) is 5.75 Å². The van der Waals surface area contributed by atoms with Gasteiger partial charge in [-0.05, 0) is 48.9 Å². The van der Waals surface area contributed by atoms with Crippen molar-refractivity contribution in [3.8, 4) is 17.0 Å². The SMILES string of the molecule is COc1ccc(-c2csc(NC(=O)C3CC(=O)N(c4ccc(C)c(F)c4)C3)n2)cc1. The highest BCUT2D eigenvalue weighted by Gasteiger charge is 2.35. The minimum Gasteiger partial charge on any atom is -0.497 e. The van der Waals surface area contributed by atoms with Gasteiger partial charge in [-0.15, -0.1) is 11.3 Å². The fraction of sp³-hybridized carbons (Fsp3) is 0.227. The first kappa shape index (κ1) is 20.0. The minimum absolute atomic E-state index is 0.0814. The Kier molecular flexibility index (Phi) is 5.50. The van der Waals surface area contributed by atoms with E-state index in [9.17, 15) is 14.0 Å². The van der Waals surface area contributed by atoms with E-state index in [0.29, 0.717) is 16.4 Å². The molecule has 0 radical (unpaired) electrons. The summed E-state index contributed by atoms with van der Waals surface area (Å²) in [5, 5.41) is 5.13. The molecule has 2 heterocycles. The van der Waals surface area contributed by atoms with Gasteiger partial charge >= 0.3 is 0 Å². The number of halogens is 1. The summed E-state index contributed by atoms with van der Waals surface area (Å²) < 4.78 is 19.0. The van der Waals surface area contributed by atoms with Crippen molar-refractivity contribution < 1.29 is 18.7 Å². The quantitative estimate of drug-likeness (QED) is 0.663. The first-order valence-corrected chi connectivity index (χ1v) is 10.3. The number of methoxy groups -OCH3 is 1. The fourth-order valence-corrected chi connectivity index (χ4v) is 4.04. The zero-order valence-corrected chi connectivity index (χ0v) is 17.3. The molecule has 6 nitrogen and oxygen atoms in total. The van der Waals surface area contributed by atoms with Crippen molar-refractivity contribution in [2.75, 3.05) is 23.9 Å². The van der Waals surface area contributed by atoms with E-state index >= 15 is 0 Å². The van der Waals surface area contributed by atoms with E-state index in [0.717, 1.165) is 17.0 Å². The fourth-order valence-electron chi connectivity index (χ4n) is 3.32. The summed E-state index contributed by atoms with van der Waals surface area (Å²) in [7, 11) is 1.61. The summed E-state index contributed by atoms with van der Waals surface area (Å²) in [4.78, 5) is 31.0. The summed E-state index contributed by atoms with van der Waals surface area (Å²) in [5.41, 5.74) is 2.64. The molecule has 4 rings (SSSR count). The molecule has 1 fully saturated rings. The van der Waals surface area contributed by atoms with Gasteiger partial charge in [0.05, 0.1) is 18.7 Å². The lowest BCUT2D eigenvalue weighted by Crippen LogP contribution is -2.28. The van der Waals surface area contributed by atoms with E-state index < -0.39 is 5.92 Å². The number of benzene rings is 2. The van der Waals surface area contributed by atoms with Gasteiger partial charge in [0.1, 0.15) is 11.6 Å². The number of carbonyl (C=O) groups excluding carboxylic acids is 2. The number of aryl methyl sites for hydroxylation is 1. The van der Waals surface area contributed by atoms with Crippen LogP contribution in [-0.4, -0.2) is 30.5 Å². The van der Waals surface area contributed by atoms with E-state index in [-0.39, 0.29) is 30.6 Å². The molecule has 2 amide bonds. The number of nitrogens with one attached hydrogen (secondary N) is 1. The topological polar surface area (TPSA) is 71.5 Å². The lowest BCUT2D eigenvalue weighted by molar-refractivity contribution is -0.122. The highest BCUT2D eigenvalue weighted by Crippen LogP contribution is 2.29. The summed E-state index contributed by atoms with van der Waals surface area (Å²) >= 11 is 1.32. The van der Waals surface area contributed by atoms with Crippen LogP contribution >= 0.6 is 11.3 Å². The minimum atomic E-state index is -0.518. The molecular formula is C22H20FN3O3S. The Morgan fingerprint density at radius 1 is 1.27 bits per heavy atom. The van der Waals surface area contributed by atoms with Crippen LogP contribution in [0.1, 0.15) is 12.0 Å². The normalized spacial score (nSPS) is 16.0. The maximum Gasteiger partial charge on any atom is 0.231 e. The van der Waals surface area contributed by atoms with Gasteiger partial charge in [0.2, 0.25) is 11.8 Å². The van der Waals surface area contributed by atoms with Crippen molar-refractivity contribution in [2.45, 2.75) is 13.3 Å². The van der Waals surface area contributed by atoms with Crippen LogP contribution < -0.4 is 15.0 Å². The summed E-state index contributed by atoms with van der Waals surface area (Å²) in [6.45, 7) is 1.87. The predicted octanol–water partition coefficient (Wildman–Crippen LogP) is 4.26. The van der Waals surface area contributed by atoms with Crippen LogP contribution in [0.3, 0.4) is 0 Å². The number of ether oxygens (including phenoxy) is 1. The molecule has 0 spiro atoms. The van der Waals surface area contributed by atoms with Gasteiger partial charge in [-0.3, -0.25) is 9.59 Å². The van der Waals surface area contributed by atoms with Gasteiger partial charge in [-0.1, -0.05) is 6.07 Å². The van der Waals surface area contributed by atoms with Crippen LogP contribution in [-0.2, 0) is 9.59 Å². The van der Waals surface area contributed by atoms with Gasteiger partial charge in [-0.2, -0.15) is 0 Å². The third-order valence-electron chi connectivity index (χ3n) is 5.08. The second kappa shape index (κ2) is 8.23. The van der Waals surface area contributed by atoms with Crippen molar-refractivity contribution in [2.24, 2.45) is 5.92 Å². The average molecular weight is 425 g/mol. The first-order chi connectivity index (χ1) is 14.4. The van der Waals surface area contributed by atoms with Crippen LogP contribution in [0.25, 0.3) is 11.3 Å². The Morgan fingerprint density at radius 2 is 2.03 bits per heavy atom. The number of carbonyl (C=O) groups is 2. The molecular weight excluding hydrogens is 405 g/mol. The van der Waals surface area contributed by atoms with Crippen LogP contribution in [0.4, 0.5) is 15.2 Å². The zero-order valence-electron chi connectivity index (χ0n) is 16.5. The lowest BCUT2D eigenvalue weighted by Gasteiger charge is -2.17. The van der Waals surface area contributed by atoms with Crippen molar-refractivity contribution in [3.05, 3.63) is 59.2 Å². The van der Waals surface area contributed by atoms with Gasteiger partial charge in [0.25, 0.3) is 0 Å². The van der Waals surface area contributed by atoms with Gasteiger partial charge in [0.15, 0.2) is 5.13 Å². The molecule has 3 aromatic rings. The molecule has 154 valence electrons. The number of aromatic nitrogens is 1. The molecule has 0 bridgehead atoms. The number of hydrogen-bond acceptors (Lipinski definition) is 5. The second-order valence-corrected chi connectivity index (χ2v) is 7.95. The van der Waals surface area contributed by atoms with Crippen LogP contribution in [0.15, 0.2) is 47.8 Å². The molecule has 1 atom stereocenters. The van der Waals surface area contributed by atoms with Crippen LogP contribution in [0, 0.1) is 18.7 Å². The lowest BCUT2D eigenvalue weighted by atomic mass is 10.1. The van der Waals surface area contributed by atoms with E-state index in [2.05, 4.69) is 10.3 Å². The highest BCUT2D eigenvalue weighted by molar-refractivity contribution is 7.14. The summed E-state index contributed by atoms with van der Waals surface area (Å²) in [5.74, 6) is -0.603. The maximum atomic E-state index is 13.9. The maximum absolute atomic E-state index is 13.9. The largest absolute Gasteiger partial charge is 0.497 e. The number of thiazole rings is 1. The number of nitrogens with zero attached hydrogens (tertiary/aromatic N) is 2. The standard InChI is InChI=1S/C22H20FN3O3S/c1-13-3-6-16(10-18(13)23)26-11-15(9-20(26)27)21(28)25-22-24-19(12-30-22)14-4-7-17(29-2)8-5-14/h3-8,10,12,15H,9,11H2,1-2H3,(H,24,25,28). The Labute approximate surface area is 177 Å². The van der Waals surface area contributed by atoms with Crippen LogP contribution in [0.2, 0.25) is 0 Å². The molecule has 0 aliphatic carbocycles. The average Bonchev–Trinajstić information content (AvgIpc) is 3.37. The number of rotatable bonds is 5. The van der Waals surface area contributed by atoms with E-state index in [1.165, 1.54) is 22.3 Å². The third-order valence-corrected chi connectivity index (χ3v) is 5.84. The molecule has 1 aliphatic rings. The predicted molar refractivity (Wildman–Crippen MR) is 114 cm³/mol. The molecule has 8 heteroatoms. The summed E-state index contributed by atoms with van der Waals surface area (Å²) in [6.07, 6.45) is 0.0814. The Hall–Kier alpha value is -3.26. The summed E-state index contributed by atoms with van der Waals surface area (Å²) in [6, 6.07) is 12.1. The Morgan fingerprint density at radius 3 is 2.73 bits per heavy atom. The van der Waals surface area contributed by atoms with E-state index in [4.69, 9.17) is 4.74 Å². The first-order valence-electron chi connectivity index (χ1n) is 9.42. The Balaban J connectivity index is 1.42. The number of anilines is 2. The highest BCUT2D eigenvalue weighted by atomic mass is 32.1. The van der Waals surface area contributed by atoms with Gasteiger partial charge < -0.3 is 15.0 Å². The van der Waals surface area contributed by atoms with Crippen molar-refractivity contribution in [1.29, 1.82) is 0 Å².